The van der Waals surface area contributed by atoms with Crippen molar-refractivity contribution in [3.05, 3.63) is 30.1 Å². The number of nitrogens with one attached hydrogen (secondary N) is 3. The number of carbonyl (C=O) groups excluding carboxylic acids is 3. The molecule has 2 aromatic heterocycles. The van der Waals surface area contributed by atoms with Crippen LogP contribution >= 0.6 is 0 Å². The summed E-state index contributed by atoms with van der Waals surface area (Å²) in [5, 5.41) is 12.6. The van der Waals surface area contributed by atoms with E-state index in [2.05, 4.69) is 32.7 Å². The molecule has 3 N–H and O–H groups in total. The van der Waals surface area contributed by atoms with Crippen molar-refractivity contribution in [3.8, 4) is 11.3 Å². The molecule has 2 fully saturated rings. The van der Waals surface area contributed by atoms with Crippen LogP contribution in [-0.2, 0) is 9.59 Å². The highest BCUT2D eigenvalue weighted by Gasteiger charge is 2.52. The van der Waals surface area contributed by atoms with Crippen molar-refractivity contribution in [2.75, 3.05) is 11.9 Å². The van der Waals surface area contributed by atoms with Crippen LogP contribution in [0.3, 0.4) is 0 Å². The van der Waals surface area contributed by atoms with Gasteiger partial charge in [-0.05, 0) is 50.7 Å². The van der Waals surface area contributed by atoms with Crippen LogP contribution in [0, 0.1) is 12.8 Å². The number of hydrogen-bond acceptors (Lipinski definition) is 5. The van der Waals surface area contributed by atoms with E-state index in [1.807, 2.05) is 19.1 Å². The van der Waals surface area contributed by atoms with E-state index in [0.29, 0.717) is 24.6 Å². The van der Waals surface area contributed by atoms with Crippen molar-refractivity contribution >= 4 is 23.7 Å². The maximum Gasteiger partial charge on any atom is 0.325 e. The Kier molecular flexibility index (Phi) is 5.27. The average molecular weight is 410 g/mol. The lowest BCUT2D eigenvalue weighted by molar-refractivity contribution is -0.135. The third kappa shape index (κ3) is 3.55. The normalized spacial score (nSPS) is 23.7. The van der Waals surface area contributed by atoms with Crippen LogP contribution in [0.25, 0.3) is 11.3 Å². The Balaban J connectivity index is 1.42. The van der Waals surface area contributed by atoms with Gasteiger partial charge in [-0.3, -0.25) is 24.6 Å². The predicted molar refractivity (Wildman–Crippen MR) is 110 cm³/mol. The van der Waals surface area contributed by atoms with Gasteiger partial charge in [0.2, 0.25) is 5.91 Å². The molecule has 2 aliphatic rings. The van der Waals surface area contributed by atoms with E-state index >= 15 is 0 Å². The number of H-pyrrole nitrogens is 1. The molecule has 9 nitrogen and oxygen atoms in total. The summed E-state index contributed by atoms with van der Waals surface area (Å²) >= 11 is 0. The molecule has 1 aliphatic heterocycles. The molecule has 0 bridgehead atoms. The van der Waals surface area contributed by atoms with Crippen molar-refractivity contribution in [2.24, 2.45) is 5.92 Å². The Morgan fingerprint density at radius 1 is 1.27 bits per heavy atom. The molecule has 4 amide bonds. The highest BCUT2D eigenvalue weighted by molar-refractivity contribution is 6.10. The highest BCUT2D eigenvalue weighted by Crippen LogP contribution is 2.37. The Morgan fingerprint density at radius 2 is 1.97 bits per heavy atom. The fourth-order valence-corrected chi connectivity index (χ4v) is 4.37. The molecule has 4 rings (SSSR count). The first-order valence-corrected chi connectivity index (χ1v) is 10.3. The molecular weight excluding hydrogens is 384 g/mol. The molecule has 1 saturated carbocycles. The molecule has 30 heavy (non-hydrogen) atoms. The fraction of sp³-hybridized carbons (Fsp3) is 0.476. The largest absolute Gasteiger partial charge is 0.325 e. The van der Waals surface area contributed by atoms with Gasteiger partial charge < -0.3 is 10.6 Å². The highest BCUT2D eigenvalue weighted by atomic mass is 16.2. The van der Waals surface area contributed by atoms with E-state index in [-0.39, 0.29) is 12.5 Å². The zero-order valence-electron chi connectivity index (χ0n) is 17.2. The lowest BCUT2D eigenvalue weighted by Gasteiger charge is -2.34. The number of amides is 4. The van der Waals surface area contributed by atoms with Gasteiger partial charge in [0, 0.05) is 23.5 Å². The number of aromatic nitrogens is 3. The van der Waals surface area contributed by atoms with Crippen LogP contribution in [0.5, 0.6) is 0 Å². The summed E-state index contributed by atoms with van der Waals surface area (Å²) in [5.41, 5.74) is 1.59. The standard InChI is InChI=1S/C21H26N6O3/c1-3-14-4-8-21(9-5-14)19(29)27(20(30)24-21)12-16(28)23-18-13(2)17(25-26-18)15-6-10-22-11-7-15/h6-7,10-11,14H,3-5,8-9,12H2,1-2H3,(H,24,30)(H2,23,25,26,28). The lowest BCUT2D eigenvalue weighted by Crippen LogP contribution is -2.49. The van der Waals surface area contributed by atoms with Gasteiger partial charge in [-0.2, -0.15) is 5.10 Å². The second-order valence-electron chi connectivity index (χ2n) is 8.11. The van der Waals surface area contributed by atoms with Crippen molar-refractivity contribution in [2.45, 2.75) is 51.5 Å². The van der Waals surface area contributed by atoms with E-state index < -0.39 is 17.5 Å². The molecule has 158 valence electrons. The van der Waals surface area contributed by atoms with Crippen molar-refractivity contribution in [3.63, 3.8) is 0 Å². The Morgan fingerprint density at radius 3 is 2.63 bits per heavy atom. The molecule has 1 saturated heterocycles. The third-order valence-electron chi connectivity index (χ3n) is 6.32. The van der Waals surface area contributed by atoms with E-state index in [9.17, 15) is 14.4 Å². The monoisotopic (exact) mass is 410 g/mol. The first kappa shape index (κ1) is 20.1. The molecule has 1 spiro atoms. The van der Waals surface area contributed by atoms with Gasteiger partial charge in [-0.25, -0.2) is 4.79 Å². The minimum atomic E-state index is -0.847. The summed E-state index contributed by atoms with van der Waals surface area (Å²) in [6, 6.07) is 3.18. The first-order valence-electron chi connectivity index (χ1n) is 10.3. The number of nitrogens with zero attached hydrogens (tertiary/aromatic N) is 3. The molecule has 1 aliphatic carbocycles. The van der Waals surface area contributed by atoms with Crippen LogP contribution in [-0.4, -0.2) is 50.0 Å². The summed E-state index contributed by atoms with van der Waals surface area (Å²) in [6.07, 6.45) is 7.50. The number of imide groups is 1. The van der Waals surface area contributed by atoms with Crippen molar-refractivity contribution in [1.82, 2.24) is 25.4 Å². The third-order valence-corrected chi connectivity index (χ3v) is 6.32. The molecule has 0 radical (unpaired) electrons. The second-order valence-corrected chi connectivity index (χ2v) is 8.11. The van der Waals surface area contributed by atoms with Gasteiger partial charge in [-0.15, -0.1) is 0 Å². The number of urea groups is 1. The number of aromatic amines is 1. The van der Waals surface area contributed by atoms with Crippen molar-refractivity contribution in [1.29, 1.82) is 0 Å². The summed E-state index contributed by atoms with van der Waals surface area (Å²) in [6.45, 7) is 3.65. The van der Waals surface area contributed by atoms with Gasteiger partial charge in [0.15, 0.2) is 5.82 Å². The number of pyridine rings is 1. The van der Waals surface area contributed by atoms with E-state index in [0.717, 1.165) is 41.0 Å². The van der Waals surface area contributed by atoms with Gasteiger partial charge in [-0.1, -0.05) is 13.3 Å². The SMILES string of the molecule is CCC1CCC2(CC1)NC(=O)N(CC(=O)Nc1n[nH]c(-c3ccncc3)c1C)C2=O. The number of carbonyl (C=O) groups is 3. The summed E-state index contributed by atoms with van der Waals surface area (Å²) in [4.78, 5) is 43.0. The van der Waals surface area contributed by atoms with Crippen LogP contribution in [0.2, 0.25) is 0 Å². The molecule has 0 aromatic carbocycles. The topological polar surface area (TPSA) is 120 Å². The fourth-order valence-electron chi connectivity index (χ4n) is 4.37. The minimum absolute atomic E-state index is 0.298. The molecule has 9 heteroatoms. The van der Waals surface area contributed by atoms with Crippen LogP contribution in [0.4, 0.5) is 10.6 Å². The van der Waals surface area contributed by atoms with Gasteiger partial charge in [0.05, 0.1) is 5.69 Å². The summed E-state index contributed by atoms with van der Waals surface area (Å²) < 4.78 is 0. The number of anilines is 1. The summed E-state index contributed by atoms with van der Waals surface area (Å²) in [7, 11) is 0. The number of hydrogen-bond donors (Lipinski definition) is 3. The van der Waals surface area contributed by atoms with E-state index in [1.165, 1.54) is 0 Å². The minimum Gasteiger partial charge on any atom is -0.323 e. The molecule has 2 aromatic rings. The molecule has 3 heterocycles. The maximum atomic E-state index is 13.0. The smallest absolute Gasteiger partial charge is 0.323 e. The summed E-state index contributed by atoms with van der Waals surface area (Å²) in [5.74, 6) is 0.203. The van der Waals surface area contributed by atoms with Gasteiger partial charge in [0.25, 0.3) is 5.91 Å². The van der Waals surface area contributed by atoms with Crippen LogP contribution in [0.1, 0.15) is 44.6 Å². The van der Waals surface area contributed by atoms with E-state index in [1.54, 1.807) is 12.4 Å². The molecule has 0 unspecified atom stereocenters. The van der Waals surface area contributed by atoms with Crippen LogP contribution < -0.4 is 10.6 Å². The van der Waals surface area contributed by atoms with Gasteiger partial charge >= 0.3 is 6.03 Å². The predicted octanol–water partition coefficient (Wildman–Crippen LogP) is 2.61. The zero-order valence-corrected chi connectivity index (χ0v) is 17.2. The molecule has 0 atom stereocenters. The van der Waals surface area contributed by atoms with Gasteiger partial charge in [0.1, 0.15) is 12.1 Å². The van der Waals surface area contributed by atoms with Crippen LogP contribution in [0.15, 0.2) is 24.5 Å². The van der Waals surface area contributed by atoms with Crippen molar-refractivity contribution < 1.29 is 14.4 Å². The maximum absolute atomic E-state index is 13.0. The Bertz CT molecular complexity index is 962. The Labute approximate surface area is 174 Å². The quantitative estimate of drug-likeness (QED) is 0.655. The first-order chi connectivity index (χ1) is 14.4. The zero-order chi connectivity index (χ0) is 21.3. The Hall–Kier alpha value is -3.23. The lowest BCUT2D eigenvalue weighted by atomic mass is 9.75. The van der Waals surface area contributed by atoms with E-state index in [4.69, 9.17) is 0 Å². The molecular formula is C21H26N6O3. The second kappa shape index (κ2) is 7.89. The number of rotatable bonds is 5. The average Bonchev–Trinajstić information content (AvgIpc) is 3.22.